The van der Waals surface area contributed by atoms with Crippen molar-refractivity contribution in [3.05, 3.63) is 35.1 Å². The fourth-order valence-corrected chi connectivity index (χ4v) is 3.48. The molecule has 2 aliphatic rings. The zero-order valence-electron chi connectivity index (χ0n) is 11.9. The summed E-state index contributed by atoms with van der Waals surface area (Å²) in [6, 6.07) is 4.50. The molecule has 0 aromatic heterocycles. The molecule has 110 valence electrons. The van der Waals surface area contributed by atoms with Gasteiger partial charge < -0.3 is 10.6 Å². The van der Waals surface area contributed by atoms with Crippen molar-refractivity contribution >= 4 is 5.91 Å². The quantitative estimate of drug-likeness (QED) is 0.803. The minimum absolute atomic E-state index is 0.0679. The second kappa shape index (κ2) is 5.87. The van der Waals surface area contributed by atoms with E-state index in [2.05, 4.69) is 11.8 Å². The Morgan fingerprint density at radius 2 is 2.05 bits per heavy atom. The molecule has 4 heteroatoms. The second-order valence-corrected chi connectivity index (χ2v) is 5.86. The molecule has 1 heterocycles. The van der Waals surface area contributed by atoms with Crippen molar-refractivity contribution in [1.29, 1.82) is 0 Å². The Morgan fingerprint density at radius 3 is 2.67 bits per heavy atom. The summed E-state index contributed by atoms with van der Waals surface area (Å²) in [6.45, 7) is 1.83. The van der Waals surface area contributed by atoms with Gasteiger partial charge in [0.2, 0.25) is 0 Å². The van der Waals surface area contributed by atoms with Crippen LogP contribution in [0.3, 0.4) is 0 Å². The average molecular weight is 286 g/mol. The first-order valence-electron chi connectivity index (χ1n) is 7.47. The molecule has 1 aliphatic heterocycles. The molecule has 0 spiro atoms. The molecule has 1 saturated heterocycles. The van der Waals surface area contributed by atoms with Crippen LogP contribution in [0.4, 0.5) is 4.39 Å². The molecule has 2 fully saturated rings. The van der Waals surface area contributed by atoms with Crippen LogP contribution in [0.5, 0.6) is 0 Å². The zero-order chi connectivity index (χ0) is 14.8. The van der Waals surface area contributed by atoms with Gasteiger partial charge in [-0.2, -0.15) is 0 Å². The summed E-state index contributed by atoms with van der Waals surface area (Å²) < 4.78 is 13.9. The predicted molar refractivity (Wildman–Crippen MR) is 79.1 cm³/mol. The van der Waals surface area contributed by atoms with E-state index in [1.807, 2.05) is 4.90 Å². The summed E-state index contributed by atoms with van der Waals surface area (Å²) in [7, 11) is 0. The maximum absolute atomic E-state index is 13.9. The Hall–Kier alpha value is -1.86. The zero-order valence-corrected chi connectivity index (χ0v) is 11.9. The number of hydrogen-bond acceptors (Lipinski definition) is 2. The van der Waals surface area contributed by atoms with Crippen molar-refractivity contribution in [3.8, 4) is 11.8 Å². The highest BCUT2D eigenvalue weighted by molar-refractivity contribution is 5.94. The van der Waals surface area contributed by atoms with Crippen LogP contribution in [-0.4, -0.2) is 30.4 Å². The van der Waals surface area contributed by atoms with Gasteiger partial charge >= 0.3 is 0 Å². The van der Waals surface area contributed by atoms with Gasteiger partial charge in [0.25, 0.3) is 5.91 Å². The van der Waals surface area contributed by atoms with Gasteiger partial charge in [0.05, 0.1) is 12.1 Å². The van der Waals surface area contributed by atoms with Gasteiger partial charge in [0.15, 0.2) is 0 Å². The van der Waals surface area contributed by atoms with E-state index in [9.17, 15) is 9.18 Å². The van der Waals surface area contributed by atoms with E-state index >= 15 is 0 Å². The van der Waals surface area contributed by atoms with Crippen molar-refractivity contribution < 1.29 is 9.18 Å². The fraction of sp³-hybridized carbons (Fsp3) is 0.471. The highest BCUT2D eigenvalue weighted by atomic mass is 19.1. The smallest absolute Gasteiger partial charge is 0.253 e. The predicted octanol–water partition coefficient (Wildman–Crippen LogP) is 2.01. The van der Waals surface area contributed by atoms with Gasteiger partial charge in [0.1, 0.15) is 5.82 Å². The number of likely N-dealkylation sites (tertiary alicyclic amines) is 1. The van der Waals surface area contributed by atoms with Crippen molar-refractivity contribution in [3.63, 3.8) is 0 Å². The summed E-state index contributed by atoms with van der Waals surface area (Å²) in [6.07, 6.45) is 3.72. The molecule has 0 bridgehead atoms. The molecule has 3 nitrogen and oxygen atoms in total. The van der Waals surface area contributed by atoms with E-state index in [1.165, 1.54) is 25.3 Å². The number of hydrogen-bond donors (Lipinski definition) is 1. The Kier molecular flexibility index (Phi) is 3.94. The number of carbonyl (C=O) groups excluding carboxylic acids is 1. The van der Waals surface area contributed by atoms with E-state index in [0.717, 1.165) is 13.1 Å². The van der Waals surface area contributed by atoms with Crippen LogP contribution >= 0.6 is 0 Å². The second-order valence-electron chi connectivity index (χ2n) is 5.86. The minimum atomic E-state index is -0.457. The Balaban J connectivity index is 1.75. The van der Waals surface area contributed by atoms with Crippen LogP contribution in [-0.2, 0) is 0 Å². The lowest BCUT2D eigenvalue weighted by atomic mass is 10.0. The first kappa shape index (κ1) is 14.1. The van der Waals surface area contributed by atoms with Crippen LogP contribution in [0, 0.1) is 29.5 Å². The van der Waals surface area contributed by atoms with Gasteiger partial charge in [-0.05, 0) is 42.9 Å². The van der Waals surface area contributed by atoms with Crippen LogP contribution < -0.4 is 5.73 Å². The van der Waals surface area contributed by atoms with Crippen LogP contribution in [0.15, 0.2) is 18.2 Å². The number of rotatable bonds is 1. The van der Waals surface area contributed by atoms with Crippen LogP contribution in [0.2, 0.25) is 0 Å². The van der Waals surface area contributed by atoms with Gasteiger partial charge in [-0.3, -0.25) is 4.79 Å². The number of amides is 1. The molecule has 1 aliphatic carbocycles. The average Bonchev–Trinajstić information content (AvgIpc) is 3.06. The molecule has 2 atom stereocenters. The third-order valence-electron chi connectivity index (χ3n) is 4.55. The Labute approximate surface area is 124 Å². The molecular formula is C17H19FN2O. The summed E-state index contributed by atoms with van der Waals surface area (Å²) in [5.74, 6) is 6.05. The molecule has 2 N–H and O–H groups in total. The summed E-state index contributed by atoms with van der Waals surface area (Å²) in [5, 5.41) is 0. The SMILES string of the molecule is NCC#Cc1ccc(C(=O)N2CC3CCCC3C2)cc1F. The number of nitrogens with two attached hydrogens (primary N) is 1. The largest absolute Gasteiger partial charge is 0.338 e. The minimum Gasteiger partial charge on any atom is -0.338 e. The maximum atomic E-state index is 13.9. The lowest BCUT2D eigenvalue weighted by Crippen LogP contribution is -2.29. The standard InChI is InChI=1S/C17H19FN2O/c18-16-9-13(7-6-12(16)5-2-8-19)17(21)20-10-14-3-1-4-15(14)11-20/h6-7,9,14-15H,1,3-4,8,10-11,19H2. The maximum Gasteiger partial charge on any atom is 0.253 e. The lowest BCUT2D eigenvalue weighted by Gasteiger charge is -2.17. The molecule has 3 rings (SSSR count). The van der Waals surface area contributed by atoms with Gasteiger partial charge in [0, 0.05) is 18.7 Å². The first-order valence-corrected chi connectivity index (χ1v) is 7.47. The van der Waals surface area contributed by atoms with E-state index < -0.39 is 5.82 Å². The topological polar surface area (TPSA) is 46.3 Å². The number of halogens is 1. The van der Waals surface area contributed by atoms with Crippen molar-refractivity contribution in [2.45, 2.75) is 19.3 Å². The monoisotopic (exact) mass is 286 g/mol. The van der Waals surface area contributed by atoms with Crippen molar-refractivity contribution in [2.24, 2.45) is 17.6 Å². The molecule has 0 radical (unpaired) electrons. The molecular weight excluding hydrogens is 267 g/mol. The Bertz CT molecular complexity index is 605. The molecule has 1 aromatic rings. The molecule has 1 aromatic carbocycles. The van der Waals surface area contributed by atoms with E-state index in [0.29, 0.717) is 17.4 Å². The number of fused-ring (bicyclic) bond motifs is 1. The van der Waals surface area contributed by atoms with Crippen molar-refractivity contribution in [2.75, 3.05) is 19.6 Å². The lowest BCUT2D eigenvalue weighted by molar-refractivity contribution is 0.0780. The fourth-order valence-electron chi connectivity index (χ4n) is 3.48. The number of benzene rings is 1. The van der Waals surface area contributed by atoms with Gasteiger partial charge in [-0.15, -0.1) is 0 Å². The third kappa shape index (κ3) is 2.79. The van der Waals surface area contributed by atoms with E-state index in [4.69, 9.17) is 5.73 Å². The van der Waals surface area contributed by atoms with Crippen LogP contribution in [0.1, 0.15) is 35.2 Å². The summed E-state index contributed by atoms with van der Waals surface area (Å²) in [4.78, 5) is 14.3. The normalized spacial score (nSPS) is 23.6. The van der Waals surface area contributed by atoms with Gasteiger partial charge in [-0.25, -0.2) is 4.39 Å². The van der Waals surface area contributed by atoms with E-state index in [-0.39, 0.29) is 18.0 Å². The van der Waals surface area contributed by atoms with Crippen molar-refractivity contribution in [1.82, 2.24) is 4.90 Å². The highest BCUT2D eigenvalue weighted by Gasteiger charge is 2.38. The molecule has 21 heavy (non-hydrogen) atoms. The number of carbonyl (C=O) groups is 1. The number of nitrogens with zero attached hydrogens (tertiary/aromatic N) is 1. The summed E-state index contributed by atoms with van der Waals surface area (Å²) in [5.41, 5.74) is 5.97. The van der Waals surface area contributed by atoms with Gasteiger partial charge in [-0.1, -0.05) is 18.3 Å². The third-order valence-corrected chi connectivity index (χ3v) is 4.55. The molecule has 1 saturated carbocycles. The Morgan fingerprint density at radius 1 is 1.33 bits per heavy atom. The highest BCUT2D eigenvalue weighted by Crippen LogP contribution is 2.38. The first-order chi connectivity index (χ1) is 10.2. The molecule has 1 amide bonds. The molecule has 2 unspecified atom stereocenters. The van der Waals surface area contributed by atoms with Crippen LogP contribution in [0.25, 0.3) is 0 Å². The van der Waals surface area contributed by atoms with E-state index in [1.54, 1.807) is 12.1 Å². The summed E-state index contributed by atoms with van der Waals surface area (Å²) >= 11 is 0.